The minimum Gasteiger partial charge on any atom is -0.466 e. The molecule has 0 amide bonds. The molecule has 0 radical (unpaired) electrons. The third-order valence-corrected chi connectivity index (χ3v) is 2.47. The van der Waals surface area contributed by atoms with Crippen LogP contribution in [0, 0.1) is 0 Å². The van der Waals surface area contributed by atoms with Crippen molar-refractivity contribution in [1.82, 2.24) is 5.32 Å². The molecule has 0 aromatic carbocycles. The van der Waals surface area contributed by atoms with E-state index in [4.69, 9.17) is 9.47 Å². The monoisotopic (exact) mass is 213 g/mol. The van der Waals surface area contributed by atoms with Gasteiger partial charge in [-0.05, 0) is 13.8 Å². The molecule has 84 valence electrons. The largest absolute Gasteiger partial charge is 0.466 e. The van der Waals surface area contributed by atoms with Gasteiger partial charge >= 0.3 is 5.97 Å². The van der Waals surface area contributed by atoms with Gasteiger partial charge in [-0.1, -0.05) is 0 Å². The van der Waals surface area contributed by atoms with E-state index in [2.05, 4.69) is 10.1 Å². The molecule has 2 aliphatic heterocycles. The van der Waals surface area contributed by atoms with Crippen molar-refractivity contribution in [3.63, 3.8) is 0 Å². The SMILES string of the molecule is COC(=O)/C=C1\NC[C@H]2OC(C)(C)O[C@@H]12. The first-order valence-electron chi connectivity index (χ1n) is 4.91. The van der Waals surface area contributed by atoms with Crippen LogP contribution in [0.2, 0.25) is 0 Å². The summed E-state index contributed by atoms with van der Waals surface area (Å²) in [6.07, 6.45) is 1.21. The maximum atomic E-state index is 11.1. The van der Waals surface area contributed by atoms with Crippen LogP contribution < -0.4 is 5.32 Å². The topological polar surface area (TPSA) is 56.8 Å². The Kier molecular flexibility index (Phi) is 2.44. The number of carbonyl (C=O) groups is 1. The summed E-state index contributed by atoms with van der Waals surface area (Å²) in [6.45, 7) is 4.39. The first-order valence-corrected chi connectivity index (χ1v) is 4.91. The lowest BCUT2D eigenvalue weighted by molar-refractivity contribution is -0.146. The zero-order valence-corrected chi connectivity index (χ0v) is 9.07. The van der Waals surface area contributed by atoms with Gasteiger partial charge in [-0.3, -0.25) is 0 Å². The molecule has 0 unspecified atom stereocenters. The van der Waals surface area contributed by atoms with E-state index in [1.54, 1.807) is 0 Å². The molecule has 2 rings (SSSR count). The Morgan fingerprint density at radius 1 is 1.60 bits per heavy atom. The summed E-state index contributed by atoms with van der Waals surface area (Å²) < 4.78 is 15.9. The standard InChI is InChI=1S/C10H15NO4/c1-10(2)14-7-5-11-6(9(7)15-10)4-8(12)13-3/h4,7,9,11H,5H2,1-3H3/b6-4-/t7-,9+/m1/s1. The summed E-state index contributed by atoms with van der Waals surface area (Å²) in [5, 5.41) is 3.07. The van der Waals surface area contributed by atoms with Gasteiger partial charge in [0, 0.05) is 12.6 Å². The van der Waals surface area contributed by atoms with Gasteiger partial charge in [0.1, 0.15) is 12.2 Å². The highest BCUT2D eigenvalue weighted by Gasteiger charge is 2.46. The maximum Gasteiger partial charge on any atom is 0.332 e. The number of methoxy groups -OCH3 is 1. The highest BCUT2D eigenvalue weighted by molar-refractivity contribution is 5.82. The average Bonchev–Trinajstić information content (AvgIpc) is 2.63. The molecule has 15 heavy (non-hydrogen) atoms. The lowest BCUT2D eigenvalue weighted by Gasteiger charge is -2.18. The number of hydrogen-bond donors (Lipinski definition) is 1. The van der Waals surface area contributed by atoms with Gasteiger partial charge in [0.15, 0.2) is 5.79 Å². The predicted octanol–water partition coefficient (Wildman–Crippen LogP) is 0.167. The van der Waals surface area contributed by atoms with Gasteiger partial charge in [0.25, 0.3) is 0 Å². The molecular weight excluding hydrogens is 198 g/mol. The highest BCUT2D eigenvalue weighted by atomic mass is 16.8. The predicted molar refractivity (Wildman–Crippen MR) is 51.9 cm³/mol. The Labute approximate surface area is 88.4 Å². The molecule has 5 heteroatoms. The van der Waals surface area contributed by atoms with Crippen molar-refractivity contribution in [3.05, 3.63) is 11.8 Å². The summed E-state index contributed by atoms with van der Waals surface area (Å²) in [6, 6.07) is 0. The molecule has 0 bridgehead atoms. The molecule has 2 atom stereocenters. The van der Waals surface area contributed by atoms with Gasteiger partial charge in [-0.15, -0.1) is 0 Å². The first-order chi connectivity index (χ1) is 7.02. The van der Waals surface area contributed by atoms with Crippen molar-refractivity contribution in [3.8, 4) is 0 Å². The van der Waals surface area contributed by atoms with E-state index in [0.29, 0.717) is 6.54 Å². The van der Waals surface area contributed by atoms with Crippen LogP contribution in [0.15, 0.2) is 11.8 Å². The van der Waals surface area contributed by atoms with Gasteiger partial charge in [-0.2, -0.15) is 0 Å². The Bertz CT molecular complexity index is 311. The molecule has 0 aliphatic carbocycles. The fraction of sp³-hybridized carbons (Fsp3) is 0.700. The van der Waals surface area contributed by atoms with E-state index in [1.165, 1.54) is 13.2 Å². The van der Waals surface area contributed by atoms with Crippen molar-refractivity contribution in [1.29, 1.82) is 0 Å². The molecule has 1 N–H and O–H groups in total. The smallest absolute Gasteiger partial charge is 0.332 e. The van der Waals surface area contributed by atoms with Crippen molar-refractivity contribution < 1.29 is 19.0 Å². The zero-order chi connectivity index (χ0) is 11.1. The molecule has 2 aliphatic rings. The second-order valence-corrected chi connectivity index (χ2v) is 4.10. The lowest BCUT2D eigenvalue weighted by atomic mass is 10.2. The normalized spacial score (nSPS) is 35.0. The van der Waals surface area contributed by atoms with Gasteiger partial charge in [-0.25, -0.2) is 4.79 Å². The van der Waals surface area contributed by atoms with Crippen molar-refractivity contribution >= 4 is 5.97 Å². The first kappa shape index (κ1) is 10.4. The number of nitrogens with one attached hydrogen (secondary N) is 1. The van der Waals surface area contributed by atoms with Crippen LogP contribution in [0.3, 0.4) is 0 Å². The van der Waals surface area contributed by atoms with Crippen LogP contribution in [0.4, 0.5) is 0 Å². The van der Waals surface area contributed by atoms with Gasteiger partial charge < -0.3 is 19.5 Å². The fourth-order valence-electron chi connectivity index (χ4n) is 1.89. The zero-order valence-electron chi connectivity index (χ0n) is 9.07. The number of ether oxygens (including phenoxy) is 3. The molecule has 5 nitrogen and oxygen atoms in total. The Morgan fingerprint density at radius 3 is 3.00 bits per heavy atom. The van der Waals surface area contributed by atoms with Crippen LogP contribution in [0.5, 0.6) is 0 Å². The summed E-state index contributed by atoms with van der Waals surface area (Å²) in [7, 11) is 1.35. The van der Waals surface area contributed by atoms with Crippen LogP contribution in [0.25, 0.3) is 0 Å². The molecule has 0 aromatic heterocycles. The Hall–Kier alpha value is -1.07. The van der Waals surface area contributed by atoms with E-state index >= 15 is 0 Å². The van der Waals surface area contributed by atoms with E-state index < -0.39 is 5.79 Å². The van der Waals surface area contributed by atoms with Crippen molar-refractivity contribution in [2.24, 2.45) is 0 Å². The molecular formula is C10H15NO4. The van der Waals surface area contributed by atoms with Crippen molar-refractivity contribution in [2.75, 3.05) is 13.7 Å². The van der Waals surface area contributed by atoms with Crippen LogP contribution in [-0.2, 0) is 19.0 Å². The van der Waals surface area contributed by atoms with Crippen molar-refractivity contribution in [2.45, 2.75) is 31.8 Å². The average molecular weight is 213 g/mol. The Morgan fingerprint density at radius 2 is 2.33 bits per heavy atom. The summed E-state index contributed by atoms with van der Waals surface area (Å²) in [5.41, 5.74) is 0.734. The lowest BCUT2D eigenvalue weighted by Crippen LogP contribution is -2.26. The summed E-state index contributed by atoms with van der Waals surface area (Å²) in [5.74, 6) is -0.960. The molecule has 2 saturated heterocycles. The van der Waals surface area contributed by atoms with Crippen LogP contribution in [0.1, 0.15) is 13.8 Å². The van der Waals surface area contributed by atoms with Crippen LogP contribution >= 0.6 is 0 Å². The van der Waals surface area contributed by atoms with Gasteiger partial charge in [0.2, 0.25) is 0 Å². The minimum atomic E-state index is -0.577. The minimum absolute atomic E-state index is 0.0177. The number of hydrogen-bond acceptors (Lipinski definition) is 5. The highest BCUT2D eigenvalue weighted by Crippen LogP contribution is 2.34. The number of carbonyl (C=O) groups excluding carboxylic acids is 1. The molecule has 2 heterocycles. The third kappa shape index (κ3) is 1.98. The molecule has 0 saturated carbocycles. The number of fused-ring (bicyclic) bond motifs is 1. The maximum absolute atomic E-state index is 11.1. The van der Waals surface area contributed by atoms with E-state index in [1.807, 2.05) is 13.8 Å². The van der Waals surface area contributed by atoms with Gasteiger partial charge in [0.05, 0.1) is 12.8 Å². The molecule has 2 fully saturated rings. The van der Waals surface area contributed by atoms with E-state index in [0.717, 1.165) is 5.70 Å². The number of rotatable bonds is 1. The summed E-state index contributed by atoms with van der Waals surface area (Å²) in [4.78, 5) is 11.1. The second-order valence-electron chi connectivity index (χ2n) is 4.10. The van der Waals surface area contributed by atoms with E-state index in [-0.39, 0.29) is 18.2 Å². The summed E-state index contributed by atoms with van der Waals surface area (Å²) >= 11 is 0. The quantitative estimate of drug-likeness (QED) is 0.497. The molecule has 0 aromatic rings. The van der Waals surface area contributed by atoms with E-state index in [9.17, 15) is 4.79 Å². The number of esters is 1. The molecule has 0 spiro atoms. The second kappa shape index (κ2) is 3.50. The third-order valence-electron chi connectivity index (χ3n) is 2.47. The Balaban J connectivity index is 2.12. The fourth-order valence-corrected chi connectivity index (χ4v) is 1.89. The van der Waals surface area contributed by atoms with Crippen LogP contribution in [-0.4, -0.2) is 37.6 Å².